The molecule has 1 aliphatic rings. The van der Waals surface area contributed by atoms with Crippen LogP contribution in [-0.4, -0.2) is 49.0 Å². The van der Waals surface area contributed by atoms with Crippen molar-refractivity contribution in [2.45, 2.75) is 18.9 Å². The van der Waals surface area contributed by atoms with Crippen molar-refractivity contribution in [1.29, 1.82) is 0 Å². The van der Waals surface area contributed by atoms with Crippen LogP contribution in [0.5, 0.6) is 0 Å². The Balaban J connectivity index is 1.80. The molecule has 0 atom stereocenters. The third kappa shape index (κ3) is 2.87. The minimum absolute atomic E-state index is 0.404. The molecular weight excluding hydrogens is 284 g/mol. The van der Waals surface area contributed by atoms with Crippen molar-refractivity contribution in [1.82, 2.24) is 9.88 Å². The zero-order chi connectivity index (χ0) is 15.0. The van der Waals surface area contributed by atoms with E-state index < -0.39 is 5.91 Å². The van der Waals surface area contributed by atoms with Crippen LogP contribution in [0.3, 0.4) is 0 Å². The van der Waals surface area contributed by atoms with Gasteiger partial charge in [-0.1, -0.05) is 11.3 Å². The predicted octanol–water partition coefficient (Wildman–Crippen LogP) is 1.93. The second-order valence-electron chi connectivity index (χ2n) is 5.73. The lowest BCUT2D eigenvalue weighted by atomic mass is 10.0. The van der Waals surface area contributed by atoms with E-state index >= 15 is 0 Å². The molecule has 0 aliphatic carbocycles. The van der Waals surface area contributed by atoms with Gasteiger partial charge in [-0.25, -0.2) is 4.98 Å². The normalized spacial score (nSPS) is 16.8. The Morgan fingerprint density at radius 1 is 1.38 bits per heavy atom. The Labute approximate surface area is 128 Å². The first-order valence-corrected chi connectivity index (χ1v) is 7.98. The van der Waals surface area contributed by atoms with Crippen LogP contribution in [0.25, 0.3) is 10.2 Å². The van der Waals surface area contributed by atoms with Crippen LogP contribution in [0, 0.1) is 0 Å². The molecule has 112 valence electrons. The van der Waals surface area contributed by atoms with Gasteiger partial charge in [0.05, 0.1) is 10.2 Å². The average Bonchev–Trinajstić information content (AvgIpc) is 2.90. The maximum atomic E-state index is 11.2. The van der Waals surface area contributed by atoms with Crippen LogP contribution >= 0.6 is 11.3 Å². The highest BCUT2D eigenvalue weighted by Crippen LogP contribution is 2.31. The molecule has 0 saturated carbocycles. The Morgan fingerprint density at radius 2 is 2.10 bits per heavy atom. The fraction of sp³-hybridized carbons (Fsp3) is 0.467. The molecule has 1 aromatic heterocycles. The molecule has 2 heterocycles. The molecule has 0 bridgehead atoms. The number of carbonyl (C=O) groups is 1. The van der Waals surface area contributed by atoms with E-state index in [0.29, 0.717) is 11.6 Å². The van der Waals surface area contributed by atoms with Gasteiger partial charge in [0.15, 0.2) is 5.13 Å². The van der Waals surface area contributed by atoms with Gasteiger partial charge in [0, 0.05) is 24.7 Å². The van der Waals surface area contributed by atoms with E-state index in [-0.39, 0.29) is 0 Å². The second kappa shape index (κ2) is 5.61. The van der Waals surface area contributed by atoms with Gasteiger partial charge in [0.1, 0.15) is 0 Å². The molecule has 1 aliphatic heterocycles. The number of anilines is 1. The van der Waals surface area contributed by atoms with Crippen molar-refractivity contribution in [3.05, 3.63) is 23.8 Å². The molecule has 0 spiro atoms. The van der Waals surface area contributed by atoms with Crippen molar-refractivity contribution < 1.29 is 4.79 Å². The van der Waals surface area contributed by atoms with Gasteiger partial charge in [-0.3, -0.25) is 4.79 Å². The van der Waals surface area contributed by atoms with Crippen LogP contribution < -0.4 is 10.6 Å². The summed E-state index contributed by atoms with van der Waals surface area (Å²) in [4.78, 5) is 20.6. The lowest BCUT2D eigenvalue weighted by Gasteiger charge is -2.34. The fourth-order valence-electron chi connectivity index (χ4n) is 2.78. The van der Waals surface area contributed by atoms with E-state index in [1.807, 2.05) is 6.07 Å². The zero-order valence-corrected chi connectivity index (χ0v) is 13.2. The Morgan fingerprint density at radius 3 is 2.71 bits per heavy atom. The first-order chi connectivity index (χ1) is 10.0. The Hall–Kier alpha value is -1.66. The van der Waals surface area contributed by atoms with Gasteiger partial charge in [-0.15, -0.1) is 0 Å². The van der Waals surface area contributed by atoms with Crippen molar-refractivity contribution in [2.75, 3.05) is 32.1 Å². The lowest BCUT2D eigenvalue weighted by molar-refractivity contribution is 0.100. The first-order valence-electron chi connectivity index (χ1n) is 7.16. The van der Waals surface area contributed by atoms with Gasteiger partial charge < -0.3 is 15.5 Å². The number of carbonyl (C=O) groups excluding carboxylic acids is 1. The number of fused-ring (bicyclic) bond motifs is 1. The first kappa shape index (κ1) is 14.3. The summed E-state index contributed by atoms with van der Waals surface area (Å²) < 4.78 is 1.10. The Kier molecular flexibility index (Phi) is 3.82. The van der Waals surface area contributed by atoms with E-state index in [4.69, 9.17) is 5.73 Å². The third-order valence-corrected chi connectivity index (χ3v) is 5.22. The third-order valence-electron chi connectivity index (χ3n) is 4.13. The van der Waals surface area contributed by atoms with Crippen molar-refractivity contribution in [2.24, 2.45) is 5.73 Å². The van der Waals surface area contributed by atoms with E-state index in [0.717, 1.165) is 41.3 Å². The molecule has 21 heavy (non-hydrogen) atoms. The Bertz CT molecular complexity index is 659. The minimum Gasteiger partial charge on any atom is -0.366 e. The molecule has 3 rings (SSSR count). The van der Waals surface area contributed by atoms with Crippen LogP contribution in [0.4, 0.5) is 5.13 Å². The molecule has 1 saturated heterocycles. The number of primary amides is 1. The van der Waals surface area contributed by atoms with Crippen molar-refractivity contribution >= 4 is 32.6 Å². The SMILES string of the molecule is CN(C)C1CCN(c2nc3cc(C(N)=O)ccc3s2)CC1. The number of nitrogens with zero attached hydrogens (tertiary/aromatic N) is 3. The largest absolute Gasteiger partial charge is 0.366 e. The molecule has 0 unspecified atom stereocenters. The summed E-state index contributed by atoms with van der Waals surface area (Å²) in [5, 5.41) is 1.05. The smallest absolute Gasteiger partial charge is 0.248 e. The number of piperidine rings is 1. The standard InChI is InChI=1S/C15H20N4OS/c1-18(2)11-5-7-19(8-6-11)15-17-12-9-10(14(16)20)3-4-13(12)21-15/h3-4,9,11H,5-8H2,1-2H3,(H2,16,20). The number of nitrogens with two attached hydrogens (primary N) is 1. The van der Waals surface area contributed by atoms with Crippen LogP contribution in [-0.2, 0) is 0 Å². The molecule has 2 N–H and O–H groups in total. The summed E-state index contributed by atoms with van der Waals surface area (Å²) in [5.74, 6) is -0.404. The van der Waals surface area contributed by atoms with Gasteiger partial charge in [0.25, 0.3) is 0 Å². The maximum absolute atomic E-state index is 11.2. The summed E-state index contributed by atoms with van der Waals surface area (Å²) in [7, 11) is 4.28. The molecule has 5 nitrogen and oxygen atoms in total. The molecule has 0 radical (unpaired) electrons. The molecule has 6 heteroatoms. The van der Waals surface area contributed by atoms with Gasteiger partial charge in [-0.2, -0.15) is 0 Å². The number of thiazole rings is 1. The number of benzene rings is 1. The summed E-state index contributed by atoms with van der Waals surface area (Å²) >= 11 is 1.68. The quantitative estimate of drug-likeness (QED) is 0.941. The summed E-state index contributed by atoms with van der Waals surface area (Å²) in [6.07, 6.45) is 2.32. The summed E-state index contributed by atoms with van der Waals surface area (Å²) in [6, 6.07) is 6.15. The molecule has 1 fully saturated rings. The number of amides is 1. The second-order valence-corrected chi connectivity index (χ2v) is 6.73. The monoisotopic (exact) mass is 304 g/mol. The zero-order valence-electron chi connectivity index (χ0n) is 12.4. The van der Waals surface area contributed by atoms with Gasteiger partial charge in [-0.05, 0) is 45.1 Å². The van der Waals surface area contributed by atoms with Crippen LogP contribution in [0.2, 0.25) is 0 Å². The maximum Gasteiger partial charge on any atom is 0.248 e. The van der Waals surface area contributed by atoms with Crippen molar-refractivity contribution in [3.63, 3.8) is 0 Å². The van der Waals surface area contributed by atoms with E-state index in [1.54, 1.807) is 23.5 Å². The number of aromatic nitrogens is 1. The van der Waals surface area contributed by atoms with Gasteiger partial charge >= 0.3 is 0 Å². The number of rotatable bonds is 3. The predicted molar refractivity (Wildman–Crippen MR) is 87.1 cm³/mol. The topological polar surface area (TPSA) is 62.5 Å². The fourth-order valence-corrected chi connectivity index (χ4v) is 3.77. The van der Waals surface area contributed by atoms with Crippen LogP contribution in [0.15, 0.2) is 18.2 Å². The molecule has 1 aromatic carbocycles. The number of hydrogen-bond donors (Lipinski definition) is 1. The highest BCUT2D eigenvalue weighted by Gasteiger charge is 2.22. The van der Waals surface area contributed by atoms with E-state index in [9.17, 15) is 4.79 Å². The van der Waals surface area contributed by atoms with Crippen molar-refractivity contribution in [3.8, 4) is 0 Å². The minimum atomic E-state index is -0.404. The van der Waals surface area contributed by atoms with Gasteiger partial charge in [0.2, 0.25) is 5.91 Å². The average molecular weight is 304 g/mol. The summed E-state index contributed by atoms with van der Waals surface area (Å²) in [6.45, 7) is 2.07. The molecule has 1 amide bonds. The van der Waals surface area contributed by atoms with E-state index in [1.165, 1.54) is 0 Å². The molecule has 2 aromatic rings. The number of hydrogen-bond acceptors (Lipinski definition) is 5. The molecular formula is C15H20N4OS. The van der Waals surface area contributed by atoms with E-state index in [2.05, 4.69) is 28.9 Å². The highest BCUT2D eigenvalue weighted by atomic mass is 32.1. The summed E-state index contributed by atoms with van der Waals surface area (Å²) in [5.41, 5.74) is 6.70. The lowest BCUT2D eigenvalue weighted by Crippen LogP contribution is -2.41. The highest BCUT2D eigenvalue weighted by molar-refractivity contribution is 7.22. The van der Waals surface area contributed by atoms with Crippen LogP contribution in [0.1, 0.15) is 23.2 Å².